The van der Waals surface area contributed by atoms with Gasteiger partial charge in [0.15, 0.2) is 0 Å². The first-order valence-corrected chi connectivity index (χ1v) is 9.72. The Morgan fingerprint density at radius 3 is 2.73 bits per heavy atom. The lowest BCUT2D eigenvalue weighted by Gasteiger charge is -2.20. The van der Waals surface area contributed by atoms with Gasteiger partial charge in [0, 0.05) is 31.6 Å². The Morgan fingerprint density at radius 1 is 1.15 bits per heavy atom. The average molecular weight is 359 g/mol. The van der Waals surface area contributed by atoms with E-state index in [9.17, 15) is 9.59 Å². The van der Waals surface area contributed by atoms with E-state index in [2.05, 4.69) is 11.4 Å². The number of hydrogen-bond donors (Lipinski definition) is 1. The molecular formula is C20H29N3O3. The number of benzene rings is 1. The molecule has 2 aliphatic rings. The molecule has 2 heterocycles. The number of fused-ring (bicyclic) bond motifs is 1. The fraction of sp³-hybridized carbons (Fsp3) is 0.600. The van der Waals surface area contributed by atoms with E-state index in [4.69, 9.17) is 4.74 Å². The van der Waals surface area contributed by atoms with Crippen molar-refractivity contribution in [1.82, 2.24) is 15.1 Å². The Labute approximate surface area is 155 Å². The first-order valence-electron chi connectivity index (χ1n) is 9.72. The first-order chi connectivity index (χ1) is 12.7. The van der Waals surface area contributed by atoms with E-state index in [-0.39, 0.29) is 11.9 Å². The molecule has 1 aromatic rings. The van der Waals surface area contributed by atoms with Crippen molar-refractivity contribution >= 4 is 11.9 Å². The van der Waals surface area contributed by atoms with Crippen LogP contribution in [-0.2, 0) is 17.8 Å². The zero-order valence-corrected chi connectivity index (χ0v) is 15.6. The maximum absolute atomic E-state index is 12.3. The Kier molecular flexibility index (Phi) is 6.36. The van der Waals surface area contributed by atoms with Gasteiger partial charge in [-0.05, 0) is 37.3 Å². The lowest BCUT2D eigenvalue weighted by Crippen LogP contribution is -2.40. The number of likely N-dealkylation sites (tertiary alicyclic amines) is 1. The first kappa shape index (κ1) is 18.5. The number of nitrogens with one attached hydrogen (secondary N) is 1. The van der Waals surface area contributed by atoms with Gasteiger partial charge >= 0.3 is 6.03 Å². The van der Waals surface area contributed by atoms with Crippen molar-refractivity contribution in [2.45, 2.75) is 45.6 Å². The highest BCUT2D eigenvalue weighted by Gasteiger charge is 2.21. The summed E-state index contributed by atoms with van der Waals surface area (Å²) in [4.78, 5) is 28.3. The molecule has 0 bridgehead atoms. The Hall–Kier alpha value is -2.24. The predicted octanol–water partition coefficient (Wildman–Crippen LogP) is 2.56. The predicted molar refractivity (Wildman–Crippen MR) is 100 cm³/mol. The maximum atomic E-state index is 12.3. The minimum absolute atomic E-state index is 0.0436. The van der Waals surface area contributed by atoms with Crippen LogP contribution >= 0.6 is 0 Å². The third-order valence-corrected chi connectivity index (χ3v) is 5.00. The van der Waals surface area contributed by atoms with E-state index >= 15 is 0 Å². The van der Waals surface area contributed by atoms with Gasteiger partial charge in [-0.3, -0.25) is 4.79 Å². The number of amides is 3. The van der Waals surface area contributed by atoms with E-state index in [1.807, 2.05) is 24.0 Å². The highest BCUT2D eigenvalue weighted by molar-refractivity contribution is 5.76. The molecule has 1 saturated heterocycles. The summed E-state index contributed by atoms with van der Waals surface area (Å²) in [5.74, 6) is 1.08. The highest BCUT2D eigenvalue weighted by atomic mass is 16.5. The molecule has 3 rings (SSSR count). The van der Waals surface area contributed by atoms with Crippen LogP contribution in [0.4, 0.5) is 4.79 Å². The summed E-state index contributed by atoms with van der Waals surface area (Å²) in [6.45, 7) is 6.14. The van der Waals surface area contributed by atoms with Crippen molar-refractivity contribution in [2.24, 2.45) is 0 Å². The molecule has 3 amide bonds. The number of hydrogen-bond acceptors (Lipinski definition) is 3. The molecule has 26 heavy (non-hydrogen) atoms. The van der Waals surface area contributed by atoms with Crippen LogP contribution in [0.15, 0.2) is 18.2 Å². The molecule has 0 spiro atoms. The Balaban J connectivity index is 1.61. The largest absolute Gasteiger partial charge is 0.491 e. The summed E-state index contributed by atoms with van der Waals surface area (Å²) in [5.41, 5.74) is 2.14. The Bertz CT molecular complexity index is 641. The molecule has 1 fully saturated rings. The van der Waals surface area contributed by atoms with Gasteiger partial charge in [0.25, 0.3) is 0 Å². The van der Waals surface area contributed by atoms with E-state index in [0.29, 0.717) is 32.7 Å². The quantitative estimate of drug-likeness (QED) is 0.879. The van der Waals surface area contributed by atoms with Gasteiger partial charge in [-0.1, -0.05) is 19.1 Å². The molecule has 0 aliphatic carbocycles. The van der Waals surface area contributed by atoms with Crippen molar-refractivity contribution in [2.75, 3.05) is 32.8 Å². The van der Waals surface area contributed by atoms with E-state index in [0.717, 1.165) is 55.6 Å². The molecule has 2 aliphatic heterocycles. The van der Waals surface area contributed by atoms with Gasteiger partial charge < -0.3 is 19.9 Å². The van der Waals surface area contributed by atoms with Gasteiger partial charge in [-0.15, -0.1) is 0 Å². The molecule has 6 nitrogen and oxygen atoms in total. The number of carbonyl (C=O) groups is 2. The fourth-order valence-corrected chi connectivity index (χ4v) is 3.50. The molecule has 0 atom stereocenters. The van der Waals surface area contributed by atoms with Gasteiger partial charge in [-0.25, -0.2) is 4.79 Å². The molecule has 6 heteroatoms. The summed E-state index contributed by atoms with van der Waals surface area (Å²) < 4.78 is 5.80. The molecule has 142 valence electrons. The van der Waals surface area contributed by atoms with Crippen LogP contribution in [0.5, 0.6) is 5.75 Å². The second kappa shape index (κ2) is 8.92. The summed E-state index contributed by atoms with van der Waals surface area (Å²) in [7, 11) is 0. The molecular weight excluding hydrogens is 330 g/mol. The van der Waals surface area contributed by atoms with Crippen molar-refractivity contribution in [3.8, 4) is 5.75 Å². The minimum atomic E-state index is -0.0436. The number of aryl methyl sites for hydroxylation is 1. The molecule has 1 N–H and O–H groups in total. The van der Waals surface area contributed by atoms with Crippen LogP contribution in [0.2, 0.25) is 0 Å². The topological polar surface area (TPSA) is 61.9 Å². The SMILES string of the molecule is CCCNC(=O)N1CCOc2ccc(CCC(=O)N3CCCC3)cc2C1. The summed E-state index contributed by atoms with van der Waals surface area (Å²) >= 11 is 0. The fourth-order valence-electron chi connectivity index (χ4n) is 3.50. The number of rotatable bonds is 5. The van der Waals surface area contributed by atoms with Gasteiger partial charge in [0.1, 0.15) is 12.4 Å². The van der Waals surface area contributed by atoms with Crippen LogP contribution in [0, 0.1) is 0 Å². The molecule has 0 radical (unpaired) electrons. The zero-order valence-electron chi connectivity index (χ0n) is 15.6. The van der Waals surface area contributed by atoms with Crippen molar-refractivity contribution in [3.05, 3.63) is 29.3 Å². The van der Waals surface area contributed by atoms with Gasteiger partial charge in [0.05, 0.1) is 13.1 Å². The monoisotopic (exact) mass is 359 g/mol. The summed E-state index contributed by atoms with van der Waals surface area (Å²) in [6, 6.07) is 6.04. The van der Waals surface area contributed by atoms with E-state index < -0.39 is 0 Å². The number of carbonyl (C=O) groups excluding carboxylic acids is 2. The highest BCUT2D eigenvalue weighted by Crippen LogP contribution is 2.25. The van der Waals surface area contributed by atoms with Crippen LogP contribution in [0.3, 0.4) is 0 Å². The maximum Gasteiger partial charge on any atom is 0.317 e. The van der Waals surface area contributed by atoms with Crippen molar-refractivity contribution in [3.63, 3.8) is 0 Å². The second-order valence-electron chi connectivity index (χ2n) is 7.03. The molecule has 0 saturated carbocycles. The average Bonchev–Trinajstić information content (AvgIpc) is 3.11. The van der Waals surface area contributed by atoms with Crippen LogP contribution in [-0.4, -0.2) is 54.5 Å². The summed E-state index contributed by atoms with van der Waals surface area (Å²) in [6.07, 6.45) is 4.43. The van der Waals surface area contributed by atoms with Crippen molar-refractivity contribution in [1.29, 1.82) is 0 Å². The normalized spacial score (nSPS) is 16.7. The lowest BCUT2D eigenvalue weighted by atomic mass is 10.0. The van der Waals surface area contributed by atoms with Crippen LogP contribution in [0.1, 0.15) is 43.7 Å². The summed E-state index contributed by atoms with van der Waals surface area (Å²) in [5, 5.41) is 2.93. The van der Waals surface area contributed by atoms with Gasteiger partial charge in [-0.2, -0.15) is 0 Å². The number of nitrogens with zero attached hydrogens (tertiary/aromatic N) is 2. The van der Waals surface area contributed by atoms with Crippen LogP contribution < -0.4 is 10.1 Å². The van der Waals surface area contributed by atoms with E-state index in [1.165, 1.54) is 0 Å². The minimum Gasteiger partial charge on any atom is -0.491 e. The third kappa shape index (κ3) is 4.68. The standard InChI is InChI=1S/C20H29N3O3/c1-2-9-21-20(25)23-12-13-26-18-7-5-16(14-17(18)15-23)6-8-19(24)22-10-3-4-11-22/h5,7,14H,2-4,6,8-13,15H2,1H3,(H,21,25). The molecule has 0 aromatic heterocycles. The lowest BCUT2D eigenvalue weighted by molar-refractivity contribution is -0.130. The smallest absolute Gasteiger partial charge is 0.317 e. The number of urea groups is 1. The van der Waals surface area contributed by atoms with Gasteiger partial charge in [0.2, 0.25) is 5.91 Å². The Morgan fingerprint density at radius 2 is 1.96 bits per heavy atom. The molecule has 1 aromatic carbocycles. The van der Waals surface area contributed by atoms with E-state index in [1.54, 1.807) is 4.90 Å². The molecule has 0 unspecified atom stereocenters. The third-order valence-electron chi connectivity index (χ3n) is 5.00. The second-order valence-corrected chi connectivity index (χ2v) is 7.03. The van der Waals surface area contributed by atoms with Crippen LogP contribution in [0.25, 0.3) is 0 Å². The zero-order chi connectivity index (χ0) is 18.4. The van der Waals surface area contributed by atoms with Crippen molar-refractivity contribution < 1.29 is 14.3 Å². The number of ether oxygens (including phenoxy) is 1.